The van der Waals surface area contributed by atoms with Crippen molar-refractivity contribution < 1.29 is 9.26 Å². The molecule has 7 heteroatoms. The zero-order valence-electron chi connectivity index (χ0n) is 9.13. The Balaban J connectivity index is 2.27. The summed E-state index contributed by atoms with van der Waals surface area (Å²) >= 11 is 3.36. The third-order valence-corrected chi connectivity index (χ3v) is 2.72. The van der Waals surface area contributed by atoms with Crippen molar-refractivity contribution in [2.45, 2.75) is 6.04 Å². The van der Waals surface area contributed by atoms with E-state index in [0.717, 1.165) is 4.47 Å². The Morgan fingerprint density at radius 3 is 3.12 bits per heavy atom. The van der Waals surface area contributed by atoms with Crippen molar-refractivity contribution in [1.29, 1.82) is 0 Å². The van der Waals surface area contributed by atoms with E-state index in [1.165, 1.54) is 0 Å². The maximum Gasteiger partial charge on any atom is 0.277 e. The first kappa shape index (κ1) is 12.2. The Morgan fingerprint density at radius 2 is 2.41 bits per heavy atom. The molecule has 0 aromatic carbocycles. The standard InChI is InChI=1S/C10H11BrN4O2/c1-16-5-7(12)9-14-10(17-15-9)8-6(11)3-2-4-13-8/h2-4,7H,5,12H2,1H3. The molecular formula is C10H11BrN4O2. The van der Waals surface area contributed by atoms with Crippen molar-refractivity contribution >= 4 is 15.9 Å². The van der Waals surface area contributed by atoms with Gasteiger partial charge in [0, 0.05) is 17.8 Å². The fourth-order valence-electron chi connectivity index (χ4n) is 1.28. The minimum absolute atomic E-state index is 0.332. The molecule has 1 atom stereocenters. The van der Waals surface area contributed by atoms with Gasteiger partial charge in [0.05, 0.1) is 12.6 Å². The lowest BCUT2D eigenvalue weighted by atomic mass is 10.3. The lowest BCUT2D eigenvalue weighted by Gasteiger charge is -2.03. The summed E-state index contributed by atoms with van der Waals surface area (Å²) in [6.07, 6.45) is 1.65. The van der Waals surface area contributed by atoms with E-state index in [4.69, 9.17) is 15.0 Å². The highest BCUT2D eigenvalue weighted by atomic mass is 79.9. The molecule has 1 unspecified atom stereocenters. The number of ether oxygens (including phenoxy) is 1. The second kappa shape index (κ2) is 5.35. The average Bonchev–Trinajstić information content (AvgIpc) is 2.79. The van der Waals surface area contributed by atoms with E-state index >= 15 is 0 Å². The summed E-state index contributed by atoms with van der Waals surface area (Å²) in [6.45, 7) is 0.336. The highest BCUT2D eigenvalue weighted by molar-refractivity contribution is 9.10. The molecule has 0 aliphatic heterocycles. The topological polar surface area (TPSA) is 87.1 Å². The SMILES string of the molecule is COCC(N)c1noc(-c2ncccc2Br)n1. The number of nitrogens with zero attached hydrogens (tertiary/aromatic N) is 3. The maximum absolute atomic E-state index is 5.79. The second-order valence-electron chi connectivity index (χ2n) is 3.35. The second-order valence-corrected chi connectivity index (χ2v) is 4.21. The lowest BCUT2D eigenvalue weighted by Crippen LogP contribution is -2.17. The highest BCUT2D eigenvalue weighted by Gasteiger charge is 2.17. The van der Waals surface area contributed by atoms with Gasteiger partial charge in [-0.05, 0) is 28.1 Å². The van der Waals surface area contributed by atoms with E-state index in [2.05, 4.69) is 31.1 Å². The van der Waals surface area contributed by atoms with Crippen molar-refractivity contribution in [3.8, 4) is 11.6 Å². The van der Waals surface area contributed by atoms with Crippen LogP contribution >= 0.6 is 15.9 Å². The number of aromatic nitrogens is 3. The normalized spacial score (nSPS) is 12.6. The zero-order chi connectivity index (χ0) is 12.3. The molecule has 2 aromatic rings. The molecule has 90 valence electrons. The molecule has 0 aliphatic rings. The summed E-state index contributed by atoms with van der Waals surface area (Å²) in [5.41, 5.74) is 6.39. The Labute approximate surface area is 106 Å². The summed E-state index contributed by atoms with van der Waals surface area (Å²) in [6, 6.07) is 3.25. The molecule has 0 spiro atoms. The molecular weight excluding hydrogens is 288 g/mol. The number of halogens is 1. The van der Waals surface area contributed by atoms with E-state index in [1.807, 2.05) is 12.1 Å². The van der Waals surface area contributed by atoms with Crippen LogP contribution in [0.4, 0.5) is 0 Å². The van der Waals surface area contributed by atoms with E-state index in [1.54, 1.807) is 13.3 Å². The Bertz CT molecular complexity index is 503. The minimum Gasteiger partial charge on any atom is -0.383 e. The summed E-state index contributed by atoms with van der Waals surface area (Å²) in [7, 11) is 1.57. The Kier molecular flexibility index (Phi) is 3.82. The van der Waals surface area contributed by atoms with Crippen molar-refractivity contribution in [2.75, 3.05) is 13.7 Å². The predicted molar refractivity (Wildman–Crippen MR) is 64.0 cm³/mol. The number of rotatable bonds is 4. The molecule has 0 saturated heterocycles. The van der Waals surface area contributed by atoms with Crippen LogP contribution in [0.2, 0.25) is 0 Å². The van der Waals surface area contributed by atoms with Crippen molar-refractivity contribution in [2.24, 2.45) is 5.73 Å². The van der Waals surface area contributed by atoms with Gasteiger partial charge in [-0.15, -0.1) is 0 Å². The largest absolute Gasteiger partial charge is 0.383 e. The monoisotopic (exact) mass is 298 g/mol. The van der Waals surface area contributed by atoms with Crippen molar-refractivity contribution in [3.05, 3.63) is 28.6 Å². The third-order valence-electron chi connectivity index (χ3n) is 2.08. The fourth-order valence-corrected chi connectivity index (χ4v) is 1.70. The van der Waals surface area contributed by atoms with Crippen LogP contribution in [0.1, 0.15) is 11.9 Å². The first-order chi connectivity index (χ1) is 8.22. The molecule has 6 nitrogen and oxygen atoms in total. The lowest BCUT2D eigenvalue weighted by molar-refractivity contribution is 0.177. The van der Waals surface area contributed by atoms with Crippen molar-refractivity contribution in [3.63, 3.8) is 0 Å². The van der Waals surface area contributed by atoms with Gasteiger partial charge in [-0.2, -0.15) is 4.98 Å². The van der Waals surface area contributed by atoms with Crippen LogP contribution in [0.5, 0.6) is 0 Å². The number of nitrogens with two attached hydrogens (primary N) is 1. The van der Waals surface area contributed by atoms with Crippen LogP contribution in [0, 0.1) is 0 Å². The molecule has 0 bridgehead atoms. The van der Waals surface area contributed by atoms with Crippen LogP contribution in [0.15, 0.2) is 27.3 Å². The number of pyridine rings is 1. The smallest absolute Gasteiger partial charge is 0.277 e. The van der Waals surface area contributed by atoms with E-state index in [0.29, 0.717) is 24.0 Å². The van der Waals surface area contributed by atoms with Crippen LogP contribution < -0.4 is 5.73 Å². The molecule has 2 aromatic heterocycles. The molecule has 2 rings (SSSR count). The van der Waals surface area contributed by atoms with Crippen LogP contribution in [0.25, 0.3) is 11.6 Å². The molecule has 0 fully saturated rings. The summed E-state index contributed by atoms with van der Waals surface area (Å²) in [4.78, 5) is 8.34. The van der Waals surface area contributed by atoms with Gasteiger partial charge in [0.2, 0.25) is 0 Å². The van der Waals surface area contributed by atoms with E-state index < -0.39 is 6.04 Å². The van der Waals surface area contributed by atoms with Gasteiger partial charge in [0.25, 0.3) is 5.89 Å². The van der Waals surface area contributed by atoms with Gasteiger partial charge in [0.15, 0.2) is 5.82 Å². The summed E-state index contributed by atoms with van der Waals surface area (Å²) in [5.74, 6) is 0.735. The number of methoxy groups -OCH3 is 1. The maximum atomic E-state index is 5.79. The third kappa shape index (κ3) is 2.68. The summed E-state index contributed by atoms with van der Waals surface area (Å²) < 4.78 is 10.8. The number of hydrogen-bond acceptors (Lipinski definition) is 6. The zero-order valence-corrected chi connectivity index (χ0v) is 10.7. The van der Waals surface area contributed by atoms with Gasteiger partial charge >= 0.3 is 0 Å². The Morgan fingerprint density at radius 1 is 1.59 bits per heavy atom. The molecule has 0 saturated carbocycles. The Hall–Kier alpha value is -1.31. The van der Waals surface area contributed by atoms with E-state index in [-0.39, 0.29) is 0 Å². The molecule has 17 heavy (non-hydrogen) atoms. The fraction of sp³-hybridized carbons (Fsp3) is 0.300. The average molecular weight is 299 g/mol. The van der Waals surface area contributed by atoms with E-state index in [9.17, 15) is 0 Å². The van der Waals surface area contributed by atoms with Crippen molar-refractivity contribution in [1.82, 2.24) is 15.1 Å². The first-order valence-electron chi connectivity index (χ1n) is 4.91. The van der Waals surface area contributed by atoms with Gasteiger partial charge in [-0.25, -0.2) is 4.98 Å². The summed E-state index contributed by atoms with van der Waals surface area (Å²) in [5, 5.41) is 3.80. The molecule has 0 radical (unpaired) electrons. The molecule has 2 heterocycles. The minimum atomic E-state index is -0.403. The highest BCUT2D eigenvalue weighted by Crippen LogP contribution is 2.24. The molecule has 0 aliphatic carbocycles. The number of hydrogen-bond donors (Lipinski definition) is 1. The molecule has 2 N–H and O–H groups in total. The predicted octanol–water partition coefficient (Wildman–Crippen LogP) is 1.54. The van der Waals surface area contributed by atoms with Crippen LogP contribution in [0.3, 0.4) is 0 Å². The molecule has 0 amide bonds. The van der Waals surface area contributed by atoms with Gasteiger partial charge < -0.3 is 15.0 Å². The van der Waals surface area contributed by atoms with Crippen LogP contribution in [-0.4, -0.2) is 28.8 Å². The van der Waals surface area contributed by atoms with Gasteiger partial charge in [-0.3, -0.25) is 0 Å². The first-order valence-corrected chi connectivity index (χ1v) is 5.70. The van der Waals surface area contributed by atoms with Gasteiger partial charge in [0.1, 0.15) is 5.69 Å². The van der Waals surface area contributed by atoms with Gasteiger partial charge in [-0.1, -0.05) is 5.16 Å². The quantitative estimate of drug-likeness (QED) is 0.921. The van der Waals surface area contributed by atoms with Crippen LogP contribution in [-0.2, 0) is 4.74 Å².